The molecule has 124 valence electrons. The molecule has 2 amide bonds. The molecule has 2 aliphatic heterocycles. The number of anilines is 2. The fraction of sp³-hybridized carbons (Fsp3) is 0.533. The number of ether oxygens (including phenoxy) is 1. The van der Waals surface area contributed by atoms with Crippen LogP contribution in [-0.4, -0.2) is 62.2 Å². The molecule has 2 fully saturated rings. The van der Waals surface area contributed by atoms with E-state index in [0.717, 1.165) is 18.9 Å². The van der Waals surface area contributed by atoms with Crippen LogP contribution in [0.5, 0.6) is 0 Å². The van der Waals surface area contributed by atoms with Crippen LogP contribution in [0.25, 0.3) is 0 Å². The van der Waals surface area contributed by atoms with E-state index in [9.17, 15) is 9.59 Å². The number of hydrogen-bond acceptors (Lipinski definition) is 6. The first-order chi connectivity index (χ1) is 11.2. The van der Waals surface area contributed by atoms with Gasteiger partial charge in [-0.2, -0.15) is 0 Å². The van der Waals surface area contributed by atoms with Gasteiger partial charge in [0.15, 0.2) is 0 Å². The smallest absolute Gasteiger partial charge is 0.239 e. The third kappa shape index (κ3) is 4.40. The Labute approximate surface area is 134 Å². The molecule has 0 radical (unpaired) electrons. The highest BCUT2D eigenvalue weighted by atomic mass is 16.5. The van der Waals surface area contributed by atoms with Crippen LogP contribution < -0.4 is 20.9 Å². The van der Waals surface area contributed by atoms with E-state index in [4.69, 9.17) is 4.74 Å². The zero-order valence-corrected chi connectivity index (χ0v) is 12.9. The van der Waals surface area contributed by atoms with Crippen molar-refractivity contribution < 1.29 is 14.3 Å². The molecule has 0 spiro atoms. The van der Waals surface area contributed by atoms with E-state index in [1.165, 1.54) is 0 Å². The summed E-state index contributed by atoms with van der Waals surface area (Å²) in [6, 6.07) is 3.68. The molecule has 1 aromatic heterocycles. The SMILES string of the molecule is O=C1CN(c2ccc(NC(=O)CC3COCCN3)cn2)CCN1. The highest BCUT2D eigenvalue weighted by Crippen LogP contribution is 2.15. The Bertz CT molecular complexity index is 557. The Morgan fingerprint density at radius 3 is 3.04 bits per heavy atom. The zero-order valence-electron chi connectivity index (χ0n) is 12.9. The molecule has 23 heavy (non-hydrogen) atoms. The molecule has 3 rings (SSSR count). The summed E-state index contributed by atoms with van der Waals surface area (Å²) in [5.74, 6) is 0.665. The maximum atomic E-state index is 12.0. The van der Waals surface area contributed by atoms with Crippen LogP contribution in [0.15, 0.2) is 18.3 Å². The Morgan fingerprint density at radius 1 is 1.43 bits per heavy atom. The summed E-state index contributed by atoms with van der Waals surface area (Å²) < 4.78 is 5.33. The quantitative estimate of drug-likeness (QED) is 0.682. The molecule has 0 aromatic carbocycles. The molecule has 2 aliphatic rings. The van der Waals surface area contributed by atoms with E-state index in [-0.39, 0.29) is 17.9 Å². The predicted octanol–water partition coefficient (Wildman–Crippen LogP) is -0.665. The van der Waals surface area contributed by atoms with Gasteiger partial charge in [-0.15, -0.1) is 0 Å². The first kappa shape index (κ1) is 15.7. The summed E-state index contributed by atoms with van der Waals surface area (Å²) in [5.41, 5.74) is 0.650. The fourth-order valence-electron chi connectivity index (χ4n) is 2.67. The molecule has 1 atom stereocenters. The molecule has 8 heteroatoms. The second kappa shape index (κ2) is 7.38. The minimum absolute atomic E-state index is 0.00219. The Hall–Kier alpha value is -2.19. The van der Waals surface area contributed by atoms with Gasteiger partial charge in [0.05, 0.1) is 31.6 Å². The first-order valence-electron chi connectivity index (χ1n) is 7.79. The van der Waals surface area contributed by atoms with Crippen molar-refractivity contribution in [2.24, 2.45) is 0 Å². The number of pyridine rings is 1. The molecule has 3 heterocycles. The molecule has 1 unspecified atom stereocenters. The number of carbonyl (C=O) groups excluding carboxylic acids is 2. The predicted molar refractivity (Wildman–Crippen MR) is 85.3 cm³/mol. The Kier molecular flexibility index (Phi) is 5.04. The molecular formula is C15H21N5O3. The van der Waals surface area contributed by atoms with Gasteiger partial charge in [0.2, 0.25) is 11.8 Å². The number of hydrogen-bond donors (Lipinski definition) is 3. The summed E-state index contributed by atoms with van der Waals surface area (Å²) in [6.45, 7) is 3.69. The number of aromatic nitrogens is 1. The van der Waals surface area contributed by atoms with Crippen LogP contribution in [0, 0.1) is 0 Å². The average molecular weight is 319 g/mol. The second-order valence-electron chi connectivity index (χ2n) is 5.65. The lowest BCUT2D eigenvalue weighted by atomic mass is 10.2. The van der Waals surface area contributed by atoms with Gasteiger partial charge in [0, 0.05) is 32.1 Å². The molecule has 3 N–H and O–H groups in total. The van der Waals surface area contributed by atoms with Crippen molar-refractivity contribution in [3.8, 4) is 0 Å². The van der Waals surface area contributed by atoms with Gasteiger partial charge in [-0.1, -0.05) is 0 Å². The molecule has 0 bridgehead atoms. The standard InChI is InChI=1S/C15H21N5O3/c21-14(7-12-10-23-6-4-16-12)19-11-1-2-13(18-8-11)20-5-3-17-15(22)9-20/h1-2,8,12,16H,3-7,9-10H2,(H,17,22)(H,19,21). The van der Waals surface area contributed by atoms with Crippen LogP contribution in [0.4, 0.5) is 11.5 Å². The van der Waals surface area contributed by atoms with Gasteiger partial charge in [-0.3, -0.25) is 9.59 Å². The number of amides is 2. The summed E-state index contributed by atoms with van der Waals surface area (Å²) in [7, 11) is 0. The van der Waals surface area contributed by atoms with Gasteiger partial charge in [0.1, 0.15) is 5.82 Å². The van der Waals surface area contributed by atoms with Crippen LogP contribution >= 0.6 is 0 Å². The normalized spacial score (nSPS) is 21.7. The van der Waals surface area contributed by atoms with E-state index < -0.39 is 0 Å². The van der Waals surface area contributed by atoms with Crippen LogP contribution in [0.2, 0.25) is 0 Å². The summed E-state index contributed by atoms with van der Waals surface area (Å²) in [6.07, 6.45) is 1.98. The van der Waals surface area contributed by atoms with Crippen LogP contribution in [0.3, 0.4) is 0 Å². The van der Waals surface area contributed by atoms with Crippen molar-refractivity contribution in [3.05, 3.63) is 18.3 Å². The van der Waals surface area contributed by atoms with Crippen molar-refractivity contribution >= 4 is 23.3 Å². The molecule has 1 aromatic rings. The third-order valence-electron chi connectivity index (χ3n) is 3.82. The maximum absolute atomic E-state index is 12.0. The van der Waals surface area contributed by atoms with E-state index in [1.54, 1.807) is 12.3 Å². The van der Waals surface area contributed by atoms with Crippen molar-refractivity contribution in [2.75, 3.05) is 49.6 Å². The Morgan fingerprint density at radius 2 is 2.35 bits per heavy atom. The largest absolute Gasteiger partial charge is 0.378 e. The highest BCUT2D eigenvalue weighted by Gasteiger charge is 2.18. The first-order valence-corrected chi connectivity index (χ1v) is 7.79. The summed E-state index contributed by atoms with van der Waals surface area (Å²) in [4.78, 5) is 29.6. The minimum atomic E-state index is -0.0695. The van der Waals surface area contributed by atoms with E-state index in [0.29, 0.717) is 38.4 Å². The number of nitrogens with zero attached hydrogens (tertiary/aromatic N) is 2. The topological polar surface area (TPSA) is 95.6 Å². The molecule has 2 saturated heterocycles. The molecule has 0 aliphatic carbocycles. The highest BCUT2D eigenvalue weighted by molar-refractivity contribution is 5.91. The average Bonchev–Trinajstić information content (AvgIpc) is 2.56. The van der Waals surface area contributed by atoms with Gasteiger partial charge in [0.25, 0.3) is 0 Å². The fourth-order valence-corrected chi connectivity index (χ4v) is 2.67. The number of carbonyl (C=O) groups is 2. The van der Waals surface area contributed by atoms with Crippen molar-refractivity contribution in [1.29, 1.82) is 0 Å². The van der Waals surface area contributed by atoms with Crippen molar-refractivity contribution in [2.45, 2.75) is 12.5 Å². The summed E-state index contributed by atoms with van der Waals surface area (Å²) in [5, 5.41) is 8.86. The van der Waals surface area contributed by atoms with Crippen molar-refractivity contribution in [1.82, 2.24) is 15.6 Å². The van der Waals surface area contributed by atoms with E-state index in [1.807, 2.05) is 11.0 Å². The second-order valence-corrected chi connectivity index (χ2v) is 5.65. The third-order valence-corrected chi connectivity index (χ3v) is 3.82. The number of rotatable bonds is 4. The van der Waals surface area contributed by atoms with Crippen LogP contribution in [0.1, 0.15) is 6.42 Å². The van der Waals surface area contributed by atoms with Gasteiger partial charge in [-0.05, 0) is 12.1 Å². The zero-order chi connectivity index (χ0) is 16.1. The van der Waals surface area contributed by atoms with E-state index >= 15 is 0 Å². The van der Waals surface area contributed by atoms with Crippen molar-refractivity contribution in [3.63, 3.8) is 0 Å². The molecule has 0 saturated carbocycles. The maximum Gasteiger partial charge on any atom is 0.239 e. The van der Waals surface area contributed by atoms with Gasteiger partial charge >= 0.3 is 0 Å². The van der Waals surface area contributed by atoms with Gasteiger partial charge in [-0.25, -0.2) is 4.98 Å². The molecular weight excluding hydrogens is 298 g/mol. The lowest BCUT2D eigenvalue weighted by molar-refractivity contribution is -0.120. The number of morpholine rings is 1. The van der Waals surface area contributed by atoms with Crippen LogP contribution in [-0.2, 0) is 14.3 Å². The number of piperazine rings is 1. The summed E-state index contributed by atoms with van der Waals surface area (Å²) >= 11 is 0. The Balaban J connectivity index is 1.52. The number of nitrogens with one attached hydrogen (secondary N) is 3. The van der Waals surface area contributed by atoms with Gasteiger partial charge < -0.3 is 25.6 Å². The lowest BCUT2D eigenvalue weighted by Gasteiger charge is -2.27. The monoisotopic (exact) mass is 319 g/mol. The molecule has 8 nitrogen and oxygen atoms in total. The minimum Gasteiger partial charge on any atom is -0.378 e. The lowest BCUT2D eigenvalue weighted by Crippen LogP contribution is -2.48. The van der Waals surface area contributed by atoms with E-state index in [2.05, 4.69) is 20.9 Å².